The highest BCUT2D eigenvalue weighted by molar-refractivity contribution is 5.70. The quantitative estimate of drug-likeness (QED) is 0.611. The van der Waals surface area contributed by atoms with Gasteiger partial charge in [0.2, 0.25) is 0 Å². The molecule has 0 radical (unpaired) electrons. The number of carbonyl (C=O) groups is 1. The molecule has 0 heterocycles. The van der Waals surface area contributed by atoms with Gasteiger partial charge in [-0.1, -0.05) is 20.8 Å². The monoisotopic (exact) mass is 215 g/mol. The van der Waals surface area contributed by atoms with Crippen LogP contribution < -0.4 is 0 Å². The first-order valence-corrected chi connectivity index (χ1v) is 5.89. The second-order valence-corrected chi connectivity index (χ2v) is 4.36. The lowest BCUT2D eigenvalue weighted by Crippen LogP contribution is -2.30. The summed E-state index contributed by atoms with van der Waals surface area (Å²) in [7, 11) is 0. The predicted molar refractivity (Wildman–Crippen MR) is 62.9 cm³/mol. The Morgan fingerprint density at radius 1 is 1.20 bits per heavy atom. The highest BCUT2D eigenvalue weighted by atomic mass is 16.6. The third kappa shape index (κ3) is 6.50. The smallest absolute Gasteiger partial charge is 0.307 e. The van der Waals surface area contributed by atoms with Crippen molar-refractivity contribution in [3.8, 4) is 0 Å². The minimum atomic E-state index is -0.319. The van der Waals surface area contributed by atoms with Crippen LogP contribution in [0.5, 0.6) is 0 Å². The highest BCUT2D eigenvalue weighted by Gasteiger charge is 2.20. The zero-order chi connectivity index (χ0) is 11.9. The van der Waals surface area contributed by atoms with Crippen molar-refractivity contribution in [2.75, 3.05) is 19.6 Å². The van der Waals surface area contributed by atoms with E-state index < -0.39 is 0 Å². The zero-order valence-corrected chi connectivity index (χ0v) is 10.8. The second-order valence-electron chi connectivity index (χ2n) is 4.36. The molecule has 0 aliphatic rings. The van der Waals surface area contributed by atoms with Crippen LogP contribution in [0.3, 0.4) is 0 Å². The summed E-state index contributed by atoms with van der Waals surface area (Å²) in [4.78, 5) is 13.7. The summed E-state index contributed by atoms with van der Waals surface area (Å²) >= 11 is 0. The van der Waals surface area contributed by atoms with Crippen LogP contribution in [-0.4, -0.2) is 36.1 Å². The van der Waals surface area contributed by atoms with E-state index in [-0.39, 0.29) is 11.6 Å². The van der Waals surface area contributed by atoms with Crippen molar-refractivity contribution in [1.29, 1.82) is 0 Å². The van der Waals surface area contributed by atoms with Crippen LogP contribution in [0.2, 0.25) is 0 Å². The van der Waals surface area contributed by atoms with Crippen LogP contribution in [0.4, 0.5) is 0 Å². The van der Waals surface area contributed by atoms with Crippen molar-refractivity contribution in [3.63, 3.8) is 0 Å². The summed E-state index contributed by atoms with van der Waals surface area (Å²) in [5, 5.41) is 0. The minimum absolute atomic E-state index is 0.0891. The van der Waals surface area contributed by atoms with Gasteiger partial charge in [-0.15, -0.1) is 0 Å². The largest absolute Gasteiger partial charge is 0.460 e. The van der Waals surface area contributed by atoms with E-state index in [0.717, 1.165) is 26.1 Å². The topological polar surface area (TPSA) is 29.5 Å². The summed E-state index contributed by atoms with van der Waals surface area (Å²) in [6, 6.07) is 0. The molecule has 90 valence electrons. The van der Waals surface area contributed by atoms with Crippen molar-refractivity contribution in [1.82, 2.24) is 4.90 Å². The van der Waals surface area contributed by atoms with Gasteiger partial charge in [-0.2, -0.15) is 0 Å². The van der Waals surface area contributed by atoms with Gasteiger partial charge < -0.3 is 9.64 Å². The number of hydrogen-bond acceptors (Lipinski definition) is 3. The molecule has 15 heavy (non-hydrogen) atoms. The van der Waals surface area contributed by atoms with E-state index in [2.05, 4.69) is 18.7 Å². The summed E-state index contributed by atoms with van der Waals surface area (Å²) in [6.45, 7) is 12.9. The van der Waals surface area contributed by atoms with Gasteiger partial charge in [0, 0.05) is 6.54 Å². The van der Waals surface area contributed by atoms with Crippen molar-refractivity contribution in [3.05, 3.63) is 0 Å². The number of esters is 1. The highest BCUT2D eigenvalue weighted by Crippen LogP contribution is 2.14. The molecule has 3 heteroatoms. The fourth-order valence-corrected chi connectivity index (χ4v) is 1.22. The van der Waals surface area contributed by atoms with Crippen molar-refractivity contribution >= 4 is 5.97 Å². The number of hydrogen-bond donors (Lipinski definition) is 0. The molecule has 0 saturated heterocycles. The third-order valence-corrected chi connectivity index (χ3v) is 2.77. The molecule has 0 aromatic heterocycles. The average Bonchev–Trinajstić information content (AvgIpc) is 2.19. The first-order chi connectivity index (χ1) is 6.95. The molecule has 0 amide bonds. The van der Waals surface area contributed by atoms with Gasteiger partial charge in [0.1, 0.15) is 5.60 Å². The second kappa shape index (κ2) is 6.83. The van der Waals surface area contributed by atoms with Crippen LogP contribution in [-0.2, 0) is 9.53 Å². The lowest BCUT2D eigenvalue weighted by Gasteiger charge is -2.24. The standard InChI is InChI=1S/C12H25NO2/c1-6-12(4,5)15-11(14)9-10-13(7-2)8-3/h6-10H2,1-5H3. The first-order valence-electron chi connectivity index (χ1n) is 5.89. The SMILES string of the molecule is CCN(CC)CCC(=O)OC(C)(C)CC. The molecular weight excluding hydrogens is 190 g/mol. The summed E-state index contributed by atoms with van der Waals surface area (Å²) in [5.41, 5.74) is -0.319. The Balaban J connectivity index is 3.84. The average molecular weight is 215 g/mol. The lowest BCUT2D eigenvalue weighted by molar-refractivity contribution is -0.157. The Hall–Kier alpha value is -0.570. The van der Waals surface area contributed by atoms with Crippen LogP contribution in [0, 0.1) is 0 Å². The molecule has 0 atom stereocenters. The molecule has 0 aromatic carbocycles. The molecule has 0 saturated carbocycles. The van der Waals surface area contributed by atoms with Gasteiger partial charge in [-0.3, -0.25) is 4.79 Å². The van der Waals surface area contributed by atoms with Crippen LogP contribution in [0.25, 0.3) is 0 Å². The molecule has 3 nitrogen and oxygen atoms in total. The van der Waals surface area contributed by atoms with E-state index in [1.54, 1.807) is 0 Å². The van der Waals surface area contributed by atoms with Crippen molar-refractivity contribution in [2.45, 2.75) is 53.1 Å². The van der Waals surface area contributed by atoms with Crippen LogP contribution in [0.1, 0.15) is 47.5 Å². The van der Waals surface area contributed by atoms with E-state index in [0.29, 0.717) is 6.42 Å². The van der Waals surface area contributed by atoms with Gasteiger partial charge in [0.05, 0.1) is 6.42 Å². The molecule has 0 unspecified atom stereocenters. The predicted octanol–water partition coefficient (Wildman–Crippen LogP) is 2.45. The molecule has 0 fully saturated rings. The lowest BCUT2D eigenvalue weighted by atomic mass is 10.1. The molecular formula is C12H25NO2. The first kappa shape index (κ1) is 14.4. The van der Waals surface area contributed by atoms with Gasteiger partial charge in [0.25, 0.3) is 0 Å². The molecule has 0 aromatic rings. The molecule has 0 bridgehead atoms. The van der Waals surface area contributed by atoms with Crippen molar-refractivity contribution in [2.24, 2.45) is 0 Å². The molecule has 0 N–H and O–H groups in total. The van der Waals surface area contributed by atoms with E-state index >= 15 is 0 Å². The van der Waals surface area contributed by atoms with E-state index in [4.69, 9.17) is 4.74 Å². The maximum absolute atomic E-state index is 11.5. The van der Waals surface area contributed by atoms with E-state index in [1.165, 1.54) is 0 Å². The zero-order valence-electron chi connectivity index (χ0n) is 10.8. The molecule has 0 aliphatic carbocycles. The fraction of sp³-hybridized carbons (Fsp3) is 0.917. The third-order valence-electron chi connectivity index (χ3n) is 2.77. The van der Waals surface area contributed by atoms with E-state index in [1.807, 2.05) is 20.8 Å². The number of carbonyl (C=O) groups excluding carboxylic acids is 1. The van der Waals surface area contributed by atoms with Crippen molar-refractivity contribution < 1.29 is 9.53 Å². The normalized spacial score (nSPS) is 11.9. The van der Waals surface area contributed by atoms with Gasteiger partial charge in [-0.05, 0) is 33.4 Å². The minimum Gasteiger partial charge on any atom is -0.460 e. The van der Waals surface area contributed by atoms with Gasteiger partial charge in [0.15, 0.2) is 0 Å². The number of rotatable bonds is 7. The maximum atomic E-state index is 11.5. The molecule has 0 rings (SSSR count). The Morgan fingerprint density at radius 3 is 2.13 bits per heavy atom. The van der Waals surface area contributed by atoms with Gasteiger partial charge >= 0.3 is 5.97 Å². The Kier molecular flexibility index (Phi) is 6.57. The Morgan fingerprint density at radius 2 is 1.73 bits per heavy atom. The summed E-state index contributed by atoms with van der Waals surface area (Å²) in [5.74, 6) is -0.0891. The Labute approximate surface area is 93.8 Å². The van der Waals surface area contributed by atoms with Gasteiger partial charge in [-0.25, -0.2) is 0 Å². The summed E-state index contributed by atoms with van der Waals surface area (Å²) < 4.78 is 5.36. The van der Waals surface area contributed by atoms with E-state index in [9.17, 15) is 4.79 Å². The van der Waals surface area contributed by atoms with Crippen LogP contribution in [0.15, 0.2) is 0 Å². The summed E-state index contributed by atoms with van der Waals surface area (Å²) in [6.07, 6.45) is 1.34. The number of ether oxygens (including phenoxy) is 1. The maximum Gasteiger partial charge on any atom is 0.307 e. The molecule has 0 aliphatic heterocycles. The molecule has 0 spiro atoms. The number of nitrogens with zero attached hydrogens (tertiary/aromatic N) is 1. The Bertz CT molecular complexity index is 186. The fourth-order valence-electron chi connectivity index (χ4n) is 1.22. The van der Waals surface area contributed by atoms with Crippen LogP contribution >= 0.6 is 0 Å².